The van der Waals surface area contributed by atoms with Crippen molar-refractivity contribution in [2.75, 3.05) is 5.73 Å². The van der Waals surface area contributed by atoms with Crippen molar-refractivity contribution < 1.29 is 9.90 Å². The molecule has 0 aliphatic rings. The summed E-state index contributed by atoms with van der Waals surface area (Å²) >= 11 is 0. The smallest absolute Gasteiger partial charge is 0.251 e. The molecule has 1 aromatic carbocycles. The van der Waals surface area contributed by atoms with Gasteiger partial charge in [-0.1, -0.05) is 18.2 Å². The molecular formula is C17H18N4O2. The van der Waals surface area contributed by atoms with E-state index in [0.717, 1.165) is 16.8 Å². The first-order valence-electron chi connectivity index (χ1n) is 7.29. The van der Waals surface area contributed by atoms with E-state index in [1.165, 1.54) is 0 Å². The van der Waals surface area contributed by atoms with Crippen LogP contribution < -0.4 is 11.1 Å². The molecule has 0 unspecified atom stereocenters. The number of aryl methyl sites for hydroxylation is 1. The number of hydrogen-bond acceptors (Lipinski definition) is 4. The molecule has 6 nitrogen and oxygen atoms in total. The fourth-order valence-corrected chi connectivity index (χ4v) is 2.52. The third-order valence-corrected chi connectivity index (χ3v) is 3.81. The first-order valence-corrected chi connectivity index (χ1v) is 7.29. The number of nitrogens with one attached hydrogen (secondary N) is 1. The topological polar surface area (TPSA) is 93.2 Å². The number of fused-ring (bicyclic) bond motifs is 1. The van der Waals surface area contributed by atoms with Gasteiger partial charge in [-0.3, -0.25) is 4.79 Å². The number of aromatic nitrogens is 2. The molecule has 0 atom stereocenters. The van der Waals surface area contributed by atoms with Crippen LogP contribution in [0.15, 0.2) is 42.5 Å². The quantitative estimate of drug-likeness (QED) is 0.685. The lowest BCUT2D eigenvalue weighted by Gasteiger charge is -2.09. The van der Waals surface area contributed by atoms with E-state index >= 15 is 0 Å². The second kappa shape index (κ2) is 6.10. The minimum Gasteiger partial charge on any atom is -0.383 e. The van der Waals surface area contributed by atoms with Gasteiger partial charge in [-0.05, 0) is 36.8 Å². The highest BCUT2D eigenvalue weighted by molar-refractivity contribution is 5.94. The van der Waals surface area contributed by atoms with Crippen molar-refractivity contribution in [3.8, 4) is 0 Å². The zero-order valence-electron chi connectivity index (χ0n) is 12.8. The standard InChI is InChI=1S/C17H18N4O2/c1-11-7-15-14(20-16(11)18)8-13(21(15)10-22)9-19-17(23)12-5-3-2-4-6-12/h2-8,22H,9-10H2,1H3,(H2,18,20)(H,19,23). The number of hydrogen-bond donors (Lipinski definition) is 3. The van der Waals surface area contributed by atoms with E-state index in [1.54, 1.807) is 16.7 Å². The fourth-order valence-electron chi connectivity index (χ4n) is 2.52. The molecule has 0 aliphatic heterocycles. The van der Waals surface area contributed by atoms with Gasteiger partial charge in [0.1, 0.15) is 12.5 Å². The number of aliphatic hydroxyl groups is 1. The van der Waals surface area contributed by atoms with Gasteiger partial charge >= 0.3 is 0 Å². The van der Waals surface area contributed by atoms with Crippen LogP contribution in [0, 0.1) is 6.92 Å². The number of aliphatic hydroxyl groups excluding tert-OH is 1. The molecule has 4 N–H and O–H groups in total. The largest absolute Gasteiger partial charge is 0.383 e. The van der Waals surface area contributed by atoms with Gasteiger partial charge in [-0.2, -0.15) is 0 Å². The van der Waals surface area contributed by atoms with E-state index in [4.69, 9.17) is 5.73 Å². The molecule has 0 fully saturated rings. The number of amides is 1. The van der Waals surface area contributed by atoms with Crippen LogP contribution in [0.1, 0.15) is 21.6 Å². The Morgan fingerprint density at radius 1 is 1.30 bits per heavy atom. The molecule has 0 spiro atoms. The highest BCUT2D eigenvalue weighted by Crippen LogP contribution is 2.22. The number of rotatable bonds is 4. The highest BCUT2D eigenvalue weighted by Gasteiger charge is 2.12. The first-order chi connectivity index (χ1) is 11.1. The summed E-state index contributed by atoms with van der Waals surface area (Å²) in [6.07, 6.45) is 0. The van der Waals surface area contributed by atoms with E-state index in [1.807, 2.05) is 37.3 Å². The molecule has 0 saturated carbocycles. The van der Waals surface area contributed by atoms with Gasteiger partial charge in [0.2, 0.25) is 0 Å². The van der Waals surface area contributed by atoms with Crippen molar-refractivity contribution >= 4 is 22.8 Å². The maximum Gasteiger partial charge on any atom is 0.251 e. The van der Waals surface area contributed by atoms with Crippen molar-refractivity contribution in [3.05, 3.63) is 59.3 Å². The summed E-state index contributed by atoms with van der Waals surface area (Å²) in [5, 5.41) is 12.5. The maximum absolute atomic E-state index is 12.1. The zero-order chi connectivity index (χ0) is 16.4. The predicted octanol–water partition coefficient (Wildman–Crippen LogP) is 1.81. The highest BCUT2D eigenvalue weighted by atomic mass is 16.3. The molecule has 118 valence electrons. The third-order valence-electron chi connectivity index (χ3n) is 3.81. The molecule has 0 radical (unpaired) electrons. The molecule has 3 rings (SSSR count). The molecule has 0 bridgehead atoms. The molecule has 0 aliphatic carbocycles. The molecule has 0 saturated heterocycles. The van der Waals surface area contributed by atoms with Gasteiger partial charge in [-0.25, -0.2) is 4.98 Å². The van der Waals surface area contributed by atoms with Crippen molar-refractivity contribution in [3.63, 3.8) is 0 Å². The maximum atomic E-state index is 12.1. The minimum absolute atomic E-state index is 0.163. The lowest BCUT2D eigenvalue weighted by atomic mass is 10.2. The number of benzene rings is 1. The van der Waals surface area contributed by atoms with E-state index < -0.39 is 0 Å². The van der Waals surface area contributed by atoms with Crippen molar-refractivity contribution in [1.82, 2.24) is 14.9 Å². The number of carbonyl (C=O) groups is 1. The summed E-state index contributed by atoms with van der Waals surface area (Å²) in [5.74, 6) is 0.302. The number of carbonyl (C=O) groups excluding carboxylic acids is 1. The van der Waals surface area contributed by atoms with Crippen LogP contribution in [0.3, 0.4) is 0 Å². The summed E-state index contributed by atoms with van der Waals surface area (Å²) < 4.78 is 1.71. The van der Waals surface area contributed by atoms with Gasteiger partial charge < -0.3 is 20.7 Å². The van der Waals surface area contributed by atoms with E-state index in [-0.39, 0.29) is 12.6 Å². The van der Waals surface area contributed by atoms with Crippen LogP contribution in [-0.2, 0) is 13.3 Å². The lowest BCUT2D eigenvalue weighted by Crippen LogP contribution is -2.24. The average Bonchev–Trinajstić information content (AvgIpc) is 2.90. The fraction of sp³-hybridized carbons (Fsp3) is 0.176. The van der Waals surface area contributed by atoms with Crippen LogP contribution >= 0.6 is 0 Å². The monoisotopic (exact) mass is 310 g/mol. The molecule has 6 heteroatoms. The average molecular weight is 310 g/mol. The van der Waals surface area contributed by atoms with Gasteiger partial charge in [0.05, 0.1) is 17.6 Å². The van der Waals surface area contributed by atoms with Gasteiger partial charge in [0, 0.05) is 11.3 Å². The third kappa shape index (κ3) is 2.89. The Hall–Kier alpha value is -2.86. The summed E-state index contributed by atoms with van der Waals surface area (Å²) in [6, 6.07) is 12.7. The Balaban J connectivity index is 1.87. The lowest BCUT2D eigenvalue weighted by molar-refractivity contribution is 0.0949. The van der Waals surface area contributed by atoms with Gasteiger partial charge in [0.15, 0.2) is 0 Å². The van der Waals surface area contributed by atoms with Crippen LogP contribution in [0.4, 0.5) is 5.82 Å². The van der Waals surface area contributed by atoms with Crippen LogP contribution in [0.2, 0.25) is 0 Å². The second-order valence-corrected chi connectivity index (χ2v) is 5.35. The minimum atomic E-state index is -0.189. The first kappa shape index (κ1) is 15.1. The van der Waals surface area contributed by atoms with E-state index in [0.29, 0.717) is 23.4 Å². The normalized spacial score (nSPS) is 10.9. The summed E-state index contributed by atoms with van der Waals surface area (Å²) in [7, 11) is 0. The van der Waals surface area contributed by atoms with Crippen LogP contribution in [-0.4, -0.2) is 20.6 Å². The summed E-state index contributed by atoms with van der Waals surface area (Å²) in [5.41, 5.74) is 9.54. The Kier molecular flexibility index (Phi) is 3.99. The summed E-state index contributed by atoms with van der Waals surface area (Å²) in [6.45, 7) is 1.97. The number of anilines is 1. The van der Waals surface area contributed by atoms with Crippen LogP contribution in [0.25, 0.3) is 11.0 Å². The summed E-state index contributed by atoms with van der Waals surface area (Å²) in [4.78, 5) is 16.4. The van der Waals surface area contributed by atoms with Gasteiger partial charge in [0.25, 0.3) is 5.91 Å². The Morgan fingerprint density at radius 2 is 2.04 bits per heavy atom. The number of nitrogens with two attached hydrogens (primary N) is 1. The molecule has 3 aromatic rings. The number of pyridine rings is 1. The second-order valence-electron chi connectivity index (χ2n) is 5.35. The molecule has 23 heavy (non-hydrogen) atoms. The zero-order valence-corrected chi connectivity index (χ0v) is 12.8. The predicted molar refractivity (Wildman–Crippen MR) is 88.7 cm³/mol. The van der Waals surface area contributed by atoms with Gasteiger partial charge in [-0.15, -0.1) is 0 Å². The number of nitrogens with zero attached hydrogens (tertiary/aromatic N) is 2. The molecule has 2 aromatic heterocycles. The van der Waals surface area contributed by atoms with E-state index in [9.17, 15) is 9.90 Å². The SMILES string of the molecule is Cc1cc2c(cc(CNC(=O)c3ccccc3)n2CO)nc1N. The Morgan fingerprint density at radius 3 is 2.74 bits per heavy atom. The van der Waals surface area contributed by atoms with Crippen molar-refractivity contribution in [2.45, 2.75) is 20.2 Å². The Bertz CT molecular complexity index is 856. The Labute approximate surface area is 133 Å². The van der Waals surface area contributed by atoms with Crippen molar-refractivity contribution in [1.29, 1.82) is 0 Å². The molecular weight excluding hydrogens is 292 g/mol. The van der Waals surface area contributed by atoms with E-state index in [2.05, 4.69) is 10.3 Å². The van der Waals surface area contributed by atoms with Crippen molar-refractivity contribution in [2.24, 2.45) is 0 Å². The molecule has 1 amide bonds. The molecule has 2 heterocycles. The van der Waals surface area contributed by atoms with Crippen LogP contribution in [0.5, 0.6) is 0 Å². The number of nitrogen functional groups attached to an aromatic ring is 1.